The first kappa shape index (κ1) is 13.6. The molecule has 0 spiro atoms. The van der Waals surface area contributed by atoms with Gasteiger partial charge in [-0.2, -0.15) is 0 Å². The first-order valence-corrected chi connectivity index (χ1v) is 8.06. The minimum absolute atomic E-state index is 0.292. The maximum absolute atomic E-state index is 12.6. The number of hydrogen-bond acceptors (Lipinski definition) is 2. The lowest BCUT2D eigenvalue weighted by Gasteiger charge is -2.20. The average molecular weight is 297 g/mol. The third kappa shape index (κ3) is 2.50. The summed E-state index contributed by atoms with van der Waals surface area (Å²) >= 11 is 0. The third-order valence-corrected chi connectivity index (χ3v) is 5.30. The van der Waals surface area contributed by atoms with Crippen LogP contribution in [0.2, 0.25) is 0 Å². The predicted molar refractivity (Wildman–Crippen MR) is 86.0 cm³/mol. The largest absolute Gasteiger partial charge is 0.269 e. The number of sulfonamides is 1. The highest BCUT2D eigenvalue weighted by Gasteiger charge is 2.20. The molecule has 0 bridgehead atoms. The van der Waals surface area contributed by atoms with E-state index in [4.69, 9.17) is 0 Å². The van der Waals surface area contributed by atoms with Gasteiger partial charge in [-0.3, -0.25) is 4.31 Å². The number of benzene rings is 3. The van der Waals surface area contributed by atoms with Crippen molar-refractivity contribution in [3.8, 4) is 0 Å². The van der Waals surface area contributed by atoms with E-state index in [1.807, 2.05) is 42.5 Å². The molecule has 106 valence electrons. The van der Waals surface area contributed by atoms with Gasteiger partial charge in [0.05, 0.1) is 10.6 Å². The molecule has 3 aromatic rings. The normalized spacial score (nSPS) is 11.5. The summed E-state index contributed by atoms with van der Waals surface area (Å²) in [4.78, 5) is 0.292. The minimum Gasteiger partial charge on any atom is -0.269 e. The van der Waals surface area contributed by atoms with Crippen molar-refractivity contribution in [2.45, 2.75) is 4.90 Å². The van der Waals surface area contributed by atoms with Gasteiger partial charge < -0.3 is 0 Å². The topological polar surface area (TPSA) is 37.4 Å². The highest BCUT2D eigenvalue weighted by Crippen LogP contribution is 2.25. The van der Waals surface area contributed by atoms with Crippen LogP contribution in [0.3, 0.4) is 0 Å². The molecule has 21 heavy (non-hydrogen) atoms. The molecule has 0 aromatic heterocycles. The molecule has 0 aliphatic rings. The molecular formula is C17H15NO2S. The van der Waals surface area contributed by atoms with Crippen LogP contribution < -0.4 is 4.31 Å². The summed E-state index contributed by atoms with van der Waals surface area (Å²) in [6.07, 6.45) is 0. The van der Waals surface area contributed by atoms with Gasteiger partial charge >= 0.3 is 0 Å². The van der Waals surface area contributed by atoms with Gasteiger partial charge in [0.15, 0.2) is 0 Å². The number of hydrogen-bond donors (Lipinski definition) is 0. The molecule has 0 atom stereocenters. The van der Waals surface area contributed by atoms with Crippen molar-refractivity contribution in [3.05, 3.63) is 72.8 Å². The molecule has 0 N–H and O–H groups in total. The van der Waals surface area contributed by atoms with E-state index in [2.05, 4.69) is 0 Å². The van der Waals surface area contributed by atoms with Gasteiger partial charge in [0.25, 0.3) is 10.0 Å². The Kier molecular flexibility index (Phi) is 3.39. The Morgan fingerprint density at radius 1 is 0.762 bits per heavy atom. The molecule has 0 aliphatic heterocycles. The zero-order valence-electron chi connectivity index (χ0n) is 11.6. The zero-order valence-corrected chi connectivity index (χ0v) is 12.4. The summed E-state index contributed by atoms with van der Waals surface area (Å²) in [5, 5.41) is 2.11. The Bertz CT molecular complexity index is 873. The van der Waals surface area contributed by atoms with Crippen LogP contribution in [0, 0.1) is 0 Å². The summed E-state index contributed by atoms with van der Waals surface area (Å²) in [6, 6.07) is 22.0. The fourth-order valence-corrected chi connectivity index (χ4v) is 3.47. The second kappa shape index (κ2) is 5.22. The van der Waals surface area contributed by atoms with Crippen molar-refractivity contribution in [1.29, 1.82) is 0 Å². The first-order chi connectivity index (χ1) is 10.1. The Hall–Kier alpha value is -2.33. The van der Waals surface area contributed by atoms with Crippen LogP contribution in [0.4, 0.5) is 5.69 Å². The van der Waals surface area contributed by atoms with Crippen LogP contribution in [-0.2, 0) is 10.0 Å². The number of anilines is 1. The Labute approximate surface area is 124 Å². The molecule has 0 saturated heterocycles. The van der Waals surface area contributed by atoms with Gasteiger partial charge in [-0.15, -0.1) is 0 Å². The molecule has 0 heterocycles. The van der Waals surface area contributed by atoms with Crippen molar-refractivity contribution in [2.24, 2.45) is 0 Å². The maximum atomic E-state index is 12.6. The molecule has 3 aromatic carbocycles. The lowest BCUT2D eigenvalue weighted by Crippen LogP contribution is -2.26. The number of fused-ring (bicyclic) bond motifs is 1. The molecule has 0 unspecified atom stereocenters. The van der Waals surface area contributed by atoms with Crippen molar-refractivity contribution < 1.29 is 8.42 Å². The standard InChI is InChI=1S/C17H15NO2S/c1-18(21(19,20)17-9-3-2-4-10-17)16-12-11-14-7-5-6-8-15(14)13-16/h2-13H,1H3. The van der Waals surface area contributed by atoms with Gasteiger partial charge in [-0.1, -0.05) is 48.5 Å². The molecule has 4 heteroatoms. The average Bonchev–Trinajstić information content (AvgIpc) is 2.54. The lowest BCUT2D eigenvalue weighted by molar-refractivity contribution is 0.594. The molecule has 0 aliphatic carbocycles. The van der Waals surface area contributed by atoms with Crippen LogP contribution in [0.5, 0.6) is 0 Å². The summed E-state index contributed by atoms with van der Waals surface area (Å²) in [5.41, 5.74) is 0.651. The van der Waals surface area contributed by atoms with Crippen molar-refractivity contribution >= 4 is 26.5 Å². The minimum atomic E-state index is -3.53. The summed E-state index contributed by atoms with van der Waals surface area (Å²) in [5.74, 6) is 0. The van der Waals surface area contributed by atoms with Crippen molar-refractivity contribution in [3.63, 3.8) is 0 Å². The van der Waals surface area contributed by atoms with E-state index in [1.54, 1.807) is 37.4 Å². The zero-order chi connectivity index (χ0) is 14.9. The molecule has 0 fully saturated rings. The molecule has 3 nitrogen and oxygen atoms in total. The fraction of sp³-hybridized carbons (Fsp3) is 0.0588. The Morgan fingerprint density at radius 2 is 1.38 bits per heavy atom. The van der Waals surface area contributed by atoms with Gasteiger partial charge in [0.1, 0.15) is 0 Å². The highest BCUT2D eigenvalue weighted by molar-refractivity contribution is 7.92. The molecule has 3 rings (SSSR count). The monoisotopic (exact) mass is 297 g/mol. The maximum Gasteiger partial charge on any atom is 0.264 e. The Balaban J connectivity index is 2.06. The highest BCUT2D eigenvalue weighted by atomic mass is 32.2. The number of nitrogens with zero attached hydrogens (tertiary/aromatic N) is 1. The van der Waals surface area contributed by atoms with E-state index in [1.165, 1.54) is 4.31 Å². The predicted octanol–water partition coefficient (Wildman–Crippen LogP) is 3.66. The van der Waals surface area contributed by atoms with E-state index in [9.17, 15) is 8.42 Å². The second-order valence-corrected chi connectivity index (χ2v) is 6.79. The summed E-state index contributed by atoms with van der Waals surface area (Å²) in [6.45, 7) is 0. The van der Waals surface area contributed by atoms with Crippen molar-refractivity contribution in [1.82, 2.24) is 0 Å². The van der Waals surface area contributed by atoms with E-state index < -0.39 is 10.0 Å². The summed E-state index contributed by atoms with van der Waals surface area (Å²) in [7, 11) is -1.95. The van der Waals surface area contributed by atoms with Gasteiger partial charge in [0.2, 0.25) is 0 Å². The quantitative estimate of drug-likeness (QED) is 0.740. The lowest BCUT2D eigenvalue weighted by atomic mass is 10.1. The van der Waals surface area contributed by atoms with E-state index in [0.717, 1.165) is 10.8 Å². The Morgan fingerprint density at radius 3 is 2.10 bits per heavy atom. The van der Waals surface area contributed by atoms with Crippen LogP contribution in [-0.4, -0.2) is 15.5 Å². The van der Waals surface area contributed by atoms with Crippen molar-refractivity contribution in [2.75, 3.05) is 11.4 Å². The molecule has 0 saturated carbocycles. The SMILES string of the molecule is CN(c1ccc2ccccc2c1)S(=O)(=O)c1ccccc1. The van der Waals surface area contributed by atoms with E-state index in [0.29, 0.717) is 10.6 Å². The fourth-order valence-electron chi connectivity index (χ4n) is 2.26. The van der Waals surface area contributed by atoms with E-state index in [-0.39, 0.29) is 0 Å². The van der Waals surface area contributed by atoms with Gasteiger partial charge in [0, 0.05) is 7.05 Å². The summed E-state index contributed by atoms with van der Waals surface area (Å²) < 4.78 is 26.5. The van der Waals surface area contributed by atoms with Crippen LogP contribution in [0.25, 0.3) is 10.8 Å². The number of rotatable bonds is 3. The van der Waals surface area contributed by atoms with Crippen LogP contribution >= 0.6 is 0 Å². The molecule has 0 radical (unpaired) electrons. The molecular weight excluding hydrogens is 282 g/mol. The first-order valence-electron chi connectivity index (χ1n) is 6.62. The van der Waals surface area contributed by atoms with Gasteiger partial charge in [-0.05, 0) is 35.0 Å². The van der Waals surface area contributed by atoms with E-state index >= 15 is 0 Å². The smallest absolute Gasteiger partial charge is 0.264 e. The van der Waals surface area contributed by atoms with Gasteiger partial charge in [-0.25, -0.2) is 8.42 Å². The molecule has 0 amide bonds. The van der Waals surface area contributed by atoms with Crippen LogP contribution in [0.1, 0.15) is 0 Å². The third-order valence-electron chi connectivity index (χ3n) is 3.50. The second-order valence-electron chi connectivity index (χ2n) is 4.82. The van der Waals surface area contributed by atoms with Crippen LogP contribution in [0.15, 0.2) is 77.7 Å².